The van der Waals surface area contributed by atoms with Gasteiger partial charge in [0.15, 0.2) is 0 Å². The molecule has 0 saturated carbocycles. The van der Waals surface area contributed by atoms with Crippen LogP contribution in [0.1, 0.15) is 27.2 Å². The van der Waals surface area contributed by atoms with E-state index in [4.69, 9.17) is 11.6 Å². The van der Waals surface area contributed by atoms with Crippen LogP contribution in [0.15, 0.2) is 42.5 Å². The molecule has 0 unspecified atom stereocenters. The first-order valence-electron chi connectivity index (χ1n) is 7.90. The van der Waals surface area contributed by atoms with Gasteiger partial charge in [-0.2, -0.15) is 5.10 Å². The minimum Gasteiger partial charge on any atom is -0.322 e. The van der Waals surface area contributed by atoms with Crippen LogP contribution in [0.4, 0.5) is 10.1 Å². The molecule has 1 amide bonds. The van der Waals surface area contributed by atoms with Gasteiger partial charge in [0.2, 0.25) is 0 Å². The van der Waals surface area contributed by atoms with Crippen molar-refractivity contribution in [1.82, 2.24) is 9.78 Å². The molecule has 1 heterocycles. The first kappa shape index (κ1) is 18.8. The summed E-state index contributed by atoms with van der Waals surface area (Å²) >= 11 is 8.62. The molecule has 1 N–H and O–H groups in total. The van der Waals surface area contributed by atoms with Crippen molar-refractivity contribution in [3.8, 4) is 0 Å². The Morgan fingerprint density at radius 1 is 1.23 bits per heavy atom. The summed E-state index contributed by atoms with van der Waals surface area (Å²) in [4.78, 5) is 12.7. The van der Waals surface area contributed by atoms with E-state index in [1.165, 1.54) is 16.8 Å². The molecule has 0 atom stereocenters. The number of carbonyl (C=O) groups excluding carboxylic acids is 1. The second kappa shape index (κ2) is 7.75. The molecule has 0 saturated heterocycles. The van der Waals surface area contributed by atoms with Crippen LogP contribution in [-0.4, -0.2) is 15.7 Å². The topological polar surface area (TPSA) is 46.9 Å². The number of rotatable bonds is 4. The highest BCUT2D eigenvalue weighted by molar-refractivity contribution is 14.1. The van der Waals surface area contributed by atoms with Crippen LogP contribution in [-0.2, 0) is 6.54 Å². The van der Waals surface area contributed by atoms with E-state index in [0.29, 0.717) is 23.5 Å². The number of hydrogen-bond acceptors (Lipinski definition) is 2. The molecule has 3 rings (SSSR count). The van der Waals surface area contributed by atoms with Crippen molar-refractivity contribution in [1.29, 1.82) is 0 Å². The number of hydrogen-bond donors (Lipinski definition) is 1. The van der Waals surface area contributed by atoms with E-state index in [-0.39, 0.29) is 16.9 Å². The number of nitrogens with zero attached hydrogens (tertiary/aromatic N) is 2. The fourth-order valence-corrected chi connectivity index (χ4v) is 3.38. The SMILES string of the molecule is Cc1ccc(NC(=O)c2c(C)nn(Cc3ccc(F)cc3)c2Cl)cc1I. The molecule has 0 fully saturated rings. The summed E-state index contributed by atoms with van der Waals surface area (Å²) in [6, 6.07) is 11.8. The molecular formula is C19H16ClFIN3O. The van der Waals surface area contributed by atoms with Gasteiger partial charge in [-0.05, 0) is 71.8 Å². The summed E-state index contributed by atoms with van der Waals surface area (Å²) in [5, 5.41) is 7.47. The fourth-order valence-electron chi connectivity index (χ4n) is 2.54. The van der Waals surface area contributed by atoms with Crippen molar-refractivity contribution in [2.24, 2.45) is 0 Å². The Morgan fingerprint density at radius 2 is 1.92 bits per heavy atom. The number of carbonyl (C=O) groups is 1. The van der Waals surface area contributed by atoms with Gasteiger partial charge < -0.3 is 5.32 Å². The largest absolute Gasteiger partial charge is 0.322 e. The summed E-state index contributed by atoms with van der Waals surface area (Å²) in [6.07, 6.45) is 0. The van der Waals surface area contributed by atoms with Crippen LogP contribution in [0.25, 0.3) is 0 Å². The second-order valence-electron chi connectivity index (χ2n) is 5.95. The van der Waals surface area contributed by atoms with Crippen molar-refractivity contribution in [2.75, 3.05) is 5.32 Å². The van der Waals surface area contributed by atoms with Gasteiger partial charge >= 0.3 is 0 Å². The zero-order chi connectivity index (χ0) is 18.8. The lowest BCUT2D eigenvalue weighted by Crippen LogP contribution is -2.13. The van der Waals surface area contributed by atoms with E-state index in [1.54, 1.807) is 19.1 Å². The molecular weight excluding hydrogens is 468 g/mol. The normalized spacial score (nSPS) is 10.8. The second-order valence-corrected chi connectivity index (χ2v) is 7.47. The molecule has 0 aliphatic heterocycles. The first-order chi connectivity index (χ1) is 12.3. The Hall–Kier alpha value is -1.93. The van der Waals surface area contributed by atoms with Crippen molar-refractivity contribution in [3.63, 3.8) is 0 Å². The van der Waals surface area contributed by atoms with Crippen LogP contribution in [0.3, 0.4) is 0 Å². The minimum atomic E-state index is -0.308. The predicted molar refractivity (Wildman–Crippen MR) is 109 cm³/mol. The van der Waals surface area contributed by atoms with Crippen LogP contribution >= 0.6 is 34.2 Å². The molecule has 0 aliphatic carbocycles. The maximum Gasteiger partial charge on any atom is 0.260 e. The van der Waals surface area contributed by atoms with Crippen molar-refractivity contribution >= 4 is 45.8 Å². The highest BCUT2D eigenvalue weighted by Crippen LogP contribution is 2.23. The molecule has 0 spiro atoms. The van der Waals surface area contributed by atoms with Gasteiger partial charge in [0, 0.05) is 9.26 Å². The minimum absolute atomic E-state index is 0.256. The van der Waals surface area contributed by atoms with Gasteiger partial charge in [0.1, 0.15) is 11.0 Å². The van der Waals surface area contributed by atoms with E-state index in [2.05, 4.69) is 33.0 Å². The van der Waals surface area contributed by atoms with Crippen LogP contribution < -0.4 is 5.32 Å². The summed E-state index contributed by atoms with van der Waals surface area (Å²) in [7, 11) is 0. The summed E-state index contributed by atoms with van der Waals surface area (Å²) in [5.41, 5.74) is 3.56. The standard InChI is InChI=1S/C19H16ClFIN3O/c1-11-3-8-15(9-16(11)22)23-19(26)17-12(2)24-25(18(17)20)10-13-4-6-14(21)7-5-13/h3-9H,10H2,1-2H3,(H,23,26). The number of amides is 1. The van der Waals surface area contributed by atoms with E-state index < -0.39 is 0 Å². The average Bonchev–Trinajstić information content (AvgIpc) is 2.87. The molecule has 7 heteroatoms. The number of halogens is 3. The summed E-state index contributed by atoms with van der Waals surface area (Å²) in [6.45, 7) is 4.10. The molecule has 0 aliphatic rings. The van der Waals surface area contributed by atoms with Gasteiger partial charge in [-0.25, -0.2) is 9.07 Å². The number of aryl methyl sites for hydroxylation is 2. The Morgan fingerprint density at radius 3 is 2.58 bits per heavy atom. The third-order valence-corrected chi connectivity index (χ3v) is 5.51. The molecule has 0 bridgehead atoms. The number of nitrogens with one attached hydrogen (secondary N) is 1. The van der Waals surface area contributed by atoms with Crippen molar-refractivity contribution in [2.45, 2.75) is 20.4 Å². The number of aromatic nitrogens is 2. The Kier molecular flexibility index (Phi) is 5.62. The van der Waals surface area contributed by atoms with Gasteiger partial charge in [-0.1, -0.05) is 29.8 Å². The summed E-state index contributed by atoms with van der Waals surface area (Å²) < 4.78 is 15.6. The Labute approximate surface area is 169 Å². The molecule has 0 radical (unpaired) electrons. The molecule has 26 heavy (non-hydrogen) atoms. The quantitative estimate of drug-likeness (QED) is 0.519. The lowest BCUT2D eigenvalue weighted by molar-refractivity contribution is 0.102. The molecule has 3 aromatic rings. The number of benzene rings is 2. The van der Waals surface area contributed by atoms with Crippen molar-refractivity contribution < 1.29 is 9.18 Å². The predicted octanol–water partition coefficient (Wildman–Crippen LogP) is 5.20. The molecule has 1 aromatic heterocycles. The van der Waals surface area contributed by atoms with Gasteiger partial charge in [-0.3, -0.25) is 4.79 Å². The monoisotopic (exact) mass is 483 g/mol. The van der Waals surface area contributed by atoms with Crippen LogP contribution in [0.2, 0.25) is 5.15 Å². The fraction of sp³-hybridized carbons (Fsp3) is 0.158. The maximum absolute atomic E-state index is 13.0. The highest BCUT2D eigenvalue weighted by Gasteiger charge is 2.20. The van der Waals surface area contributed by atoms with E-state index in [9.17, 15) is 9.18 Å². The molecule has 2 aromatic carbocycles. The summed E-state index contributed by atoms with van der Waals surface area (Å²) in [5.74, 6) is -0.609. The van der Waals surface area contributed by atoms with Crippen LogP contribution in [0, 0.1) is 23.2 Å². The van der Waals surface area contributed by atoms with E-state index >= 15 is 0 Å². The maximum atomic E-state index is 13.0. The highest BCUT2D eigenvalue weighted by atomic mass is 127. The van der Waals surface area contributed by atoms with E-state index in [0.717, 1.165) is 14.7 Å². The van der Waals surface area contributed by atoms with Gasteiger partial charge in [0.05, 0.1) is 17.8 Å². The average molecular weight is 484 g/mol. The third kappa shape index (κ3) is 4.07. The van der Waals surface area contributed by atoms with Gasteiger partial charge in [0.25, 0.3) is 5.91 Å². The zero-order valence-electron chi connectivity index (χ0n) is 14.2. The lowest BCUT2D eigenvalue weighted by Gasteiger charge is -2.07. The smallest absolute Gasteiger partial charge is 0.260 e. The third-order valence-electron chi connectivity index (χ3n) is 3.97. The zero-order valence-corrected chi connectivity index (χ0v) is 17.1. The molecule has 4 nitrogen and oxygen atoms in total. The van der Waals surface area contributed by atoms with Gasteiger partial charge in [-0.15, -0.1) is 0 Å². The van der Waals surface area contributed by atoms with E-state index in [1.807, 2.05) is 25.1 Å². The lowest BCUT2D eigenvalue weighted by atomic mass is 10.2. The number of anilines is 1. The van der Waals surface area contributed by atoms with Crippen molar-refractivity contribution in [3.05, 3.63) is 79.4 Å². The molecule has 134 valence electrons. The first-order valence-corrected chi connectivity index (χ1v) is 9.35. The Balaban J connectivity index is 1.83. The Bertz CT molecular complexity index is 970. The van der Waals surface area contributed by atoms with Crippen LogP contribution in [0.5, 0.6) is 0 Å².